The Morgan fingerprint density at radius 1 is 0.812 bits per heavy atom. The first-order valence-corrected chi connectivity index (χ1v) is 13.9. The molecule has 0 amide bonds. The van der Waals surface area contributed by atoms with E-state index in [0.717, 1.165) is 12.8 Å². The zero-order valence-electron chi connectivity index (χ0n) is 20.2. The molecule has 8 heteroatoms. The molecule has 0 heterocycles. The second kappa shape index (κ2) is 23.5. The normalized spacial score (nSPS) is 14.9. The molecule has 0 bridgehead atoms. The van der Waals surface area contributed by atoms with E-state index in [9.17, 15) is 14.6 Å². The second-order valence-electron chi connectivity index (χ2n) is 8.12. The van der Waals surface area contributed by atoms with Crippen molar-refractivity contribution in [2.75, 3.05) is 26.4 Å². The second-order valence-corrected chi connectivity index (χ2v) is 9.57. The number of phosphoric ester groups is 1. The monoisotopic (exact) mass is 477 g/mol. The molecule has 0 aromatic carbocycles. The molecule has 0 aliphatic rings. The number of phosphoric acid groups is 1. The zero-order chi connectivity index (χ0) is 23.8. The summed E-state index contributed by atoms with van der Waals surface area (Å²) in [5.41, 5.74) is 5.18. The highest BCUT2D eigenvalue weighted by Crippen LogP contribution is 2.42. The lowest BCUT2D eigenvalue weighted by Gasteiger charge is -2.14. The Morgan fingerprint density at radius 3 is 1.91 bits per heavy atom. The maximum atomic E-state index is 11.4. The highest BCUT2D eigenvalue weighted by Gasteiger charge is 2.22. The van der Waals surface area contributed by atoms with Gasteiger partial charge in [0.2, 0.25) is 0 Å². The van der Waals surface area contributed by atoms with Crippen LogP contribution in [0.2, 0.25) is 0 Å². The van der Waals surface area contributed by atoms with E-state index >= 15 is 0 Å². The molecule has 1 unspecified atom stereocenters. The average Bonchev–Trinajstić information content (AvgIpc) is 2.78. The Balaban J connectivity index is 3.38. The molecule has 0 spiro atoms. The van der Waals surface area contributed by atoms with Crippen molar-refractivity contribution in [2.24, 2.45) is 5.73 Å². The molecule has 0 fully saturated rings. The van der Waals surface area contributed by atoms with Gasteiger partial charge in [0.25, 0.3) is 0 Å². The van der Waals surface area contributed by atoms with E-state index in [1.165, 1.54) is 77.0 Å². The molecule has 7 nitrogen and oxygen atoms in total. The Bertz CT molecular complexity index is 501. The van der Waals surface area contributed by atoms with Crippen LogP contribution in [0.15, 0.2) is 24.5 Å². The molecule has 4 N–H and O–H groups in total. The molecule has 0 aliphatic carbocycles. The van der Waals surface area contributed by atoms with Crippen molar-refractivity contribution >= 4 is 7.82 Å². The predicted octanol–water partition coefficient (Wildman–Crippen LogP) is 6.01. The van der Waals surface area contributed by atoms with E-state index < -0.39 is 13.9 Å². The van der Waals surface area contributed by atoms with E-state index in [-0.39, 0.29) is 26.4 Å². The first-order chi connectivity index (χ1) is 15.5. The Kier molecular flexibility index (Phi) is 23.0. The van der Waals surface area contributed by atoms with Crippen molar-refractivity contribution < 1.29 is 28.3 Å². The minimum atomic E-state index is -4.16. The van der Waals surface area contributed by atoms with Crippen molar-refractivity contribution in [1.82, 2.24) is 0 Å². The van der Waals surface area contributed by atoms with E-state index in [0.29, 0.717) is 0 Å². The van der Waals surface area contributed by atoms with E-state index in [1.54, 1.807) is 6.26 Å². The van der Waals surface area contributed by atoms with Crippen LogP contribution in [-0.4, -0.2) is 42.5 Å². The summed E-state index contributed by atoms with van der Waals surface area (Å²) >= 11 is 0. The molecule has 0 aromatic rings. The van der Waals surface area contributed by atoms with Crippen molar-refractivity contribution in [3.63, 3.8) is 0 Å². The molecule has 0 saturated heterocycles. The summed E-state index contributed by atoms with van der Waals surface area (Å²) in [5, 5.41) is 9.68. The fourth-order valence-electron chi connectivity index (χ4n) is 3.07. The van der Waals surface area contributed by atoms with Crippen molar-refractivity contribution in [2.45, 2.75) is 103 Å². The highest BCUT2D eigenvalue weighted by atomic mass is 31.2. The van der Waals surface area contributed by atoms with E-state index in [4.69, 9.17) is 10.5 Å². The maximum absolute atomic E-state index is 11.4. The van der Waals surface area contributed by atoms with Gasteiger partial charge in [0.05, 0.1) is 19.5 Å². The van der Waals surface area contributed by atoms with Gasteiger partial charge in [-0.05, 0) is 44.6 Å². The van der Waals surface area contributed by atoms with Crippen LogP contribution in [0.4, 0.5) is 0 Å². The van der Waals surface area contributed by atoms with E-state index in [1.807, 2.05) is 6.08 Å². The van der Waals surface area contributed by atoms with Gasteiger partial charge < -0.3 is 20.5 Å². The van der Waals surface area contributed by atoms with Gasteiger partial charge in [0.15, 0.2) is 0 Å². The van der Waals surface area contributed by atoms with Gasteiger partial charge in [0.1, 0.15) is 12.7 Å². The van der Waals surface area contributed by atoms with Crippen LogP contribution in [0.3, 0.4) is 0 Å². The van der Waals surface area contributed by atoms with Gasteiger partial charge in [-0.1, -0.05) is 70.4 Å². The number of hydrogen-bond donors (Lipinski definition) is 3. The third-order valence-corrected chi connectivity index (χ3v) is 5.90. The minimum Gasteiger partial charge on any atom is -0.499 e. The number of allylic oxidation sites excluding steroid dienone is 3. The number of rotatable bonds is 24. The largest absolute Gasteiger partial charge is 0.499 e. The predicted molar refractivity (Wildman–Crippen MR) is 131 cm³/mol. The smallest absolute Gasteiger partial charge is 0.472 e. The first kappa shape index (κ1) is 31.3. The highest BCUT2D eigenvalue weighted by molar-refractivity contribution is 7.47. The van der Waals surface area contributed by atoms with Crippen LogP contribution in [-0.2, 0) is 18.3 Å². The molecule has 0 aromatic heterocycles. The number of hydrogen-bond acceptors (Lipinski definition) is 6. The Labute approximate surface area is 196 Å². The Morgan fingerprint density at radius 2 is 1.34 bits per heavy atom. The fourth-order valence-corrected chi connectivity index (χ4v) is 3.84. The number of nitrogens with two attached hydrogens (primary N) is 1. The van der Waals surface area contributed by atoms with Gasteiger partial charge in [-0.15, -0.1) is 0 Å². The molecule has 2 atom stereocenters. The molecule has 32 heavy (non-hydrogen) atoms. The first-order valence-electron chi connectivity index (χ1n) is 12.4. The molecular formula is C24H48NO6P. The van der Waals surface area contributed by atoms with Gasteiger partial charge in [-0.3, -0.25) is 9.05 Å². The molecule has 190 valence electrons. The average molecular weight is 478 g/mol. The molecule has 0 radical (unpaired) electrons. The fraction of sp³-hybridized carbons (Fsp3) is 0.833. The zero-order valence-corrected chi connectivity index (χ0v) is 21.1. The lowest BCUT2D eigenvalue weighted by Crippen LogP contribution is -2.20. The third kappa shape index (κ3) is 24.0. The van der Waals surface area contributed by atoms with Crippen LogP contribution in [0.5, 0.6) is 0 Å². The van der Waals surface area contributed by atoms with Gasteiger partial charge in [-0.25, -0.2) is 4.57 Å². The standard InChI is InChI=1S/C24H48NO6P/c1-2-3-4-5-6-7-8-9-10-11-12-13-14-15-16-17-18-20-29-22-24(26)23-31-32(27,28)30-21-19-25/h7-8,18,20,24,26H,2-6,9-17,19,21-23,25H2,1H3,(H,27,28)/b8-7-,20-18-/t24-/m1/s1. The minimum absolute atomic E-state index is 0.0125. The molecule has 0 saturated carbocycles. The molecule has 0 aliphatic heterocycles. The summed E-state index contributed by atoms with van der Waals surface area (Å²) in [6.45, 7) is 1.92. The molecule has 0 rings (SSSR count). The summed E-state index contributed by atoms with van der Waals surface area (Å²) in [5.74, 6) is 0. The summed E-state index contributed by atoms with van der Waals surface area (Å²) in [6, 6.07) is 0. The van der Waals surface area contributed by atoms with E-state index in [2.05, 4.69) is 28.1 Å². The summed E-state index contributed by atoms with van der Waals surface area (Å²) < 4.78 is 25.9. The maximum Gasteiger partial charge on any atom is 0.472 e. The van der Waals surface area contributed by atoms with Crippen LogP contribution in [0.1, 0.15) is 96.8 Å². The van der Waals surface area contributed by atoms with Crippen LogP contribution >= 0.6 is 7.82 Å². The van der Waals surface area contributed by atoms with Crippen molar-refractivity contribution in [3.05, 3.63) is 24.5 Å². The van der Waals surface area contributed by atoms with Crippen molar-refractivity contribution in [1.29, 1.82) is 0 Å². The third-order valence-electron chi connectivity index (χ3n) is 4.92. The molecular weight excluding hydrogens is 429 g/mol. The van der Waals surface area contributed by atoms with Crippen LogP contribution < -0.4 is 5.73 Å². The Hall–Kier alpha value is -0.690. The quantitative estimate of drug-likeness (QED) is 0.0676. The van der Waals surface area contributed by atoms with Crippen molar-refractivity contribution in [3.8, 4) is 0 Å². The summed E-state index contributed by atoms with van der Waals surface area (Å²) in [7, 11) is -4.16. The van der Waals surface area contributed by atoms with Gasteiger partial charge >= 0.3 is 7.82 Å². The van der Waals surface area contributed by atoms with Gasteiger partial charge in [0, 0.05) is 6.54 Å². The number of ether oxygens (including phenoxy) is 1. The lowest BCUT2D eigenvalue weighted by atomic mass is 10.1. The number of unbranched alkanes of at least 4 members (excludes halogenated alkanes) is 12. The number of aliphatic hydroxyl groups excluding tert-OH is 1. The summed E-state index contributed by atoms with van der Waals surface area (Å²) in [6.07, 6.45) is 24.8. The SMILES string of the molecule is CCCCCC/C=C\CCCCCCCCC/C=C\OC[C@@H](O)COP(=O)(O)OCCN. The van der Waals surface area contributed by atoms with Gasteiger partial charge in [-0.2, -0.15) is 0 Å². The topological polar surface area (TPSA) is 111 Å². The lowest BCUT2D eigenvalue weighted by molar-refractivity contribution is 0.0311. The van der Waals surface area contributed by atoms with Crippen LogP contribution in [0.25, 0.3) is 0 Å². The summed E-state index contributed by atoms with van der Waals surface area (Å²) in [4.78, 5) is 9.32. The van der Waals surface area contributed by atoms with Crippen LogP contribution in [0, 0.1) is 0 Å². The number of aliphatic hydroxyl groups is 1.